The largest absolute Gasteiger partial charge is 0.411 e. The average Bonchev–Trinajstić information content (AvgIpc) is 3.15. The minimum absolute atomic E-state index is 0.269. The van der Waals surface area contributed by atoms with Crippen molar-refractivity contribution in [3.8, 4) is 11.5 Å². The highest BCUT2D eigenvalue weighted by atomic mass is 32.2. The van der Waals surface area contributed by atoms with Crippen LogP contribution in [0.1, 0.15) is 18.1 Å². The quantitative estimate of drug-likeness (QED) is 0.619. The number of hydrogen-bond donors (Lipinski definition) is 2. The Balaban J connectivity index is 1.51. The minimum atomic E-state index is -0.576. The predicted molar refractivity (Wildman–Crippen MR) is 107 cm³/mol. The molecule has 0 bridgehead atoms. The fraction of sp³-hybridized carbons (Fsp3) is 0.200. The first-order chi connectivity index (χ1) is 13.5. The van der Waals surface area contributed by atoms with Gasteiger partial charge in [-0.3, -0.25) is 10.1 Å². The molecule has 0 saturated heterocycles. The molecule has 0 radical (unpaired) electrons. The van der Waals surface area contributed by atoms with Gasteiger partial charge in [-0.2, -0.15) is 0 Å². The van der Waals surface area contributed by atoms with Crippen molar-refractivity contribution in [3.63, 3.8) is 0 Å². The molecule has 0 fully saturated rings. The Labute approximate surface area is 166 Å². The summed E-state index contributed by atoms with van der Waals surface area (Å²) in [6, 6.07) is 16.6. The molecule has 3 rings (SSSR count). The van der Waals surface area contributed by atoms with Crippen molar-refractivity contribution in [3.05, 3.63) is 65.7 Å². The first-order valence-electron chi connectivity index (χ1n) is 8.71. The predicted octanol–water partition coefficient (Wildman–Crippen LogP) is 3.55. The number of carbonyl (C=O) groups is 2. The number of nitrogens with zero attached hydrogens (tertiary/aromatic N) is 2. The number of urea groups is 1. The van der Waals surface area contributed by atoms with Crippen molar-refractivity contribution in [2.45, 2.75) is 30.9 Å². The molecule has 0 saturated carbocycles. The van der Waals surface area contributed by atoms with Crippen LogP contribution in [0.2, 0.25) is 0 Å². The van der Waals surface area contributed by atoms with Gasteiger partial charge in [0.25, 0.3) is 5.22 Å². The van der Waals surface area contributed by atoms with E-state index in [4.69, 9.17) is 4.42 Å². The van der Waals surface area contributed by atoms with E-state index in [9.17, 15) is 9.59 Å². The Hall–Kier alpha value is -3.13. The standard InChI is InChI=1S/C20H20N4O3S/c1-13-8-6-7-11-16(13)18-23-24-20(27-18)28-14(2)17(25)22-19(26)21-12-15-9-4-3-5-10-15/h3-11,14H,12H2,1-2H3,(H2,21,22,25,26)/t14-/m0/s1. The summed E-state index contributed by atoms with van der Waals surface area (Å²) in [5, 5.41) is 12.7. The summed E-state index contributed by atoms with van der Waals surface area (Å²) in [7, 11) is 0. The molecule has 0 aliphatic rings. The van der Waals surface area contributed by atoms with E-state index < -0.39 is 17.2 Å². The van der Waals surface area contributed by atoms with Crippen LogP contribution >= 0.6 is 11.8 Å². The molecule has 2 aromatic carbocycles. The van der Waals surface area contributed by atoms with E-state index in [-0.39, 0.29) is 5.22 Å². The number of aromatic nitrogens is 2. The smallest absolute Gasteiger partial charge is 0.321 e. The lowest BCUT2D eigenvalue weighted by Gasteiger charge is -2.10. The summed E-state index contributed by atoms with van der Waals surface area (Å²) in [6.07, 6.45) is 0. The summed E-state index contributed by atoms with van der Waals surface area (Å²) >= 11 is 1.10. The highest BCUT2D eigenvalue weighted by Gasteiger charge is 2.20. The minimum Gasteiger partial charge on any atom is -0.411 e. The van der Waals surface area contributed by atoms with Gasteiger partial charge >= 0.3 is 6.03 Å². The second-order valence-corrected chi connectivity index (χ2v) is 7.40. The van der Waals surface area contributed by atoms with Crippen LogP contribution in [0.5, 0.6) is 0 Å². The lowest BCUT2D eigenvalue weighted by atomic mass is 10.1. The molecule has 1 atom stereocenters. The van der Waals surface area contributed by atoms with E-state index in [1.807, 2.05) is 61.5 Å². The number of thioether (sulfide) groups is 1. The van der Waals surface area contributed by atoms with Gasteiger partial charge in [-0.25, -0.2) is 4.79 Å². The van der Waals surface area contributed by atoms with Gasteiger partial charge in [0, 0.05) is 12.1 Å². The molecule has 144 valence electrons. The zero-order valence-electron chi connectivity index (χ0n) is 15.5. The third-order valence-corrected chi connectivity index (χ3v) is 4.90. The van der Waals surface area contributed by atoms with Gasteiger partial charge in [-0.15, -0.1) is 10.2 Å². The van der Waals surface area contributed by atoms with E-state index >= 15 is 0 Å². The fourth-order valence-electron chi connectivity index (χ4n) is 2.42. The van der Waals surface area contributed by atoms with Crippen LogP contribution in [0.3, 0.4) is 0 Å². The third-order valence-electron chi connectivity index (χ3n) is 3.96. The van der Waals surface area contributed by atoms with Gasteiger partial charge < -0.3 is 9.73 Å². The summed E-state index contributed by atoms with van der Waals surface area (Å²) in [6.45, 7) is 3.96. The number of hydrogen-bond acceptors (Lipinski definition) is 6. The van der Waals surface area contributed by atoms with Crippen LogP contribution in [0.4, 0.5) is 4.79 Å². The molecular formula is C20H20N4O3S. The van der Waals surface area contributed by atoms with Gasteiger partial charge in [-0.05, 0) is 31.0 Å². The molecule has 8 heteroatoms. The average molecular weight is 396 g/mol. The number of benzene rings is 2. The Morgan fingerprint density at radius 2 is 1.79 bits per heavy atom. The first-order valence-corrected chi connectivity index (χ1v) is 9.59. The maximum atomic E-state index is 12.2. The first kappa shape index (κ1) is 19.6. The lowest BCUT2D eigenvalue weighted by Crippen LogP contribution is -2.42. The molecule has 0 spiro atoms. The van der Waals surface area contributed by atoms with Crippen LogP contribution < -0.4 is 10.6 Å². The van der Waals surface area contributed by atoms with Gasteiger partial charge in [0.15, 0.2) is 0 Å². The van der Waals surface area contributed by atoms with Crippen molar-refractivity contribution in [2.24, 2.45) is 0 Å². The van der Waals surface area contributed by atoms with E-state index in [2.05, 4.69) is 20.8 Å². The summed E-state index contributed by atoms with van der Waals surface area (Å²) < 4.78 is 5.64. The number of nitrogens with one attached hydrogen (secondary N) is 2. The lowest BCUT2D eigenvalue weighted by molar-refractivity contribution is -0.119. The molecule has 0 aliphatic heterocycles. The number of amides is 3. The zero-order valence-corrected chi connectivity index (χ0v) is 16.3. The van der Waals surface area contributed by atoms with Gasteiger partial charge in [0.1, 0.15) is 0 Å². The Morgan fingerprint density at radius 3 is 2.54 bits per heavy atom. The number of rotatable bonds is 6. The van der Waals surface area contributed by atoms with Gasteiger partial charge in [0.2, 0.25) is 11.8 Å². The monoisotopic (exact) mass is 396 g/mol. The molecule has 3 aromatic rings. The molecule has 1 aromatic heterocycles. The molecule has 2 N–H and O–H groups in total. The SMILES string of the molecule is Cc1ccccc1-c1nnc(S[C@@H](C)C(=O)NC(=O)NCc2ccccc2)o1. The Morgan fingerprint density at radius 1 is 1.07 bits per heavy atom. The maximum absolute atomic E-state index is 12.2. The summed E-state index contributed by atoms with van der Waals surface area (Å²) in [5.41, 5.74) is 2.81. The highest BCUT2D eigenvalue weighted by molar-refractivity contribution is 8.00. The molecule has 28 heavy (non-hydrogen) atoms. The molecule has 0 unspecified atom stereocenters. The van der Waals surface area contributed by atoms with Crippen LogP contribution in [0.25, 0.3) is 11.5 Å². The van der Waals surface area contributed by atoms with Gasteiger partial charge in [0.05, 0.1) is 5.25 Å². The zero-order chi connectivity index (χ0) is 19.9. The summed E-state index contributed by atoms with van der Waals surface area (Å²) in [4.78, 5) is 24.1. The normalized spacial score (nSPS) is 11.6. The van der Waals surface area contributed by atoms with Crippen molar-refractivity contribution in [1.82, 2.24) is 20.8 Å². The topological polar surface area (TPSA) is 97.1 Å². The highest BCUT2D eigenvalue weighted by Crippen LogP contribution is 2.27. The van der Waals surface area contributed by atoms with E-state index in [1.54, 1.807) is 6.92 Å². The molecular weight excluding hydrogens is 376 g/mol. The molecule has 3 amide bonds. The van der Waals surface area contributed by atoms with Crippen LogP contribution in [0, 0.1) is 6.92 Å². The van der Waals surface area contributed by atoms with Crippen LogP contribution in [-0.2, 0) is 11.3 Å². The van der Waals surface area contributed by atoms with Gasteiger partial charge in [-0.1, -0.05) is 60.3 Å². The number of imide groups is 1. The summed E-state index contributed by atoms with van der Waals surface area (Å²) in [5.74, 6) is -0.0417. The maximum Gasteiger partial charge on any atom is 0.321 e. The second kappa shape index (κ2) is 9.18. The van der Waals surface area contributed by atoms with E-state index in [0.29, 0.717) is 12.4 Å². The second-order valence-electron chi connectivity index (χ2n) is 6.11. The number of aryl methyl sites for hydroxylation is 1. The fourth-order valence-corrected chi connectivity index (χ4v) is 3.10. The molecule has 1 heterocycles. The molecule has 0 aliphatic carbocycles. The van der Waals surface area contributed by atoms with Crippen molar-refractivity contribution in [2.75, 3.05) is 0 Å². The number of carbonyl (C=O) groups excluding carboxylic acids is 2. The van der Waals surface area contributed by atoms with Crippen molar-refractivity contribution >= 4 is 23.7 Å². The third kappa shape index (κ3) is 5.20. The van der Waals surface area contributed by atoms with E-state index in [0.717, 1.165) is 28.5 Å². The Kier molecular flexibility index (Phi) is 6.44. The molecule has 7 nitrogen and oxygen atoms in total. The van der Waals surface area contributed by atoms with Crippen LogP contribution in [-0.4, -0.2) is 27.4 Å². The van der Waals surface area contributed by atoms with Crippen molar-refractivity contribution < 1.29 is 14.0 Å². The van der Waals surface area contributed by atoms with Crippen molar-refractivity contribution in [1.29, 1.82) is 0 Å². The van der Waals surface area contributed by atoms with E-state index in [1.165, 1.54) is 0 Å². The van der Waals surface area contributed by atoms with Crippen LogP contribution in [0.15, 0.2) is 64.2 Å². The Bertz CT molecular complexity index is 959.